The number of nitrogens with zero attached hydrogens (tertiary/aromatic N) is 1. The maximum absolute atomic E-state index is 5.59. The van der Waals surface area contributed by atoms with Gasteiger partial charge in [0.15, 0.2) is 0 Å². The molecule has 1 saturated carbocycles. The van der Waals surface area contributed by atoms with Crippen molar-refractivity contribution in [3.05, 3.63) is 0 Å². The molecule has 0 radical (unpaired) electrons. The molecule has 0 amide bonds. The van der Waals surface area contributed by atoms with E-state index in [2.05, 4.69) is 18.7 Å². The molecule has 2 N–H and O–H groups in total. The Morgan fingerprint density at radius 2 is 2.07 bits per heavy atom. The first-order chi connectivity index (χ1) is 7.31. The van der Waals surface area contributed by atoms with Gasteiger partial charge in [-0.2, -0.15) is 0 Å². The predicted octanol–water partition coefficient (Wildman–Crippen LogP) is 2.63. The van der Waals surface area contributed by atoms with Crippen molar-refractivity contribution in [3.63, 3.8) is 0 Å². The first-order valence-electron chi connectivity index (χ1n) is 6.75. The smallest absolute Gasteiger partial charge is 0.00977 e. The van der Waals surface area contributed by atoms with Crippen LogP contribution in [0, 0.1) is 5.92 Å². The molecule has 15 heavy (non-hydrogen) atoms. The molecule has 2 nitrogen and oxygen atoms in total. The minimum atomic E-state index is 0.834. The number of nitrogens with two attached hydrogens (primary N) is 1. The highest BCUT2D eigenvalue weighted by Crippen LogP contribution is 2.29. The van der Waals surface area contributed by atoms with Gasteiger partial charge in [0.2, 0.25) is 0 Å². The molecule has 0 saturated heterocycles. The van der Waals surface area contributed by atoms with Crippen LogP contribution in [0.15, 0.2) is 0 Å². The van der Waals surface area contributed by atoms with E-state index in [0.29, 0.717) is 0 Å². The highest BCUT2D eigenvalue weighted by atomic mass is 15.1. The zero-order chi connectivity index (χ0) is 11.1. The second-order valence-electron chi connectivity index (χ2n) is 4.87. The third-order valence-corrected chi connectivity index (χ3v) is 3.90. The monoisotopic (exact) mass is 212 g/mol. The zero-order valence-corrected chi connectivity index (χ0v) is 10.5. The van der Waals surface area contributed by atoms with E-state index in [4.69, 9.17) is 5.73 Å². The van der Waals surface area contributed by atoms with Gasteiger partial charge < -0.3 is 10.6 Å². The van der Waals surface area contributed by atoms with Crippen molar-refractivity contribution >= 4 is 0 Å². The van der Waals surface area contributed by atoms with Crippen LogP contribution in [-0.4, -0.2) is 30.6 Å². The fraction of sp³-hybridized carbons (Fsp3) is 1.00. The second kappa shape index (κ2) is 7.24. The Hall–Kier alpha value is -0.0800. The van der Waals surface area contributed by atoms with Crippen LogP contribution in [0.4, 0.5) is 0 Å². The Morgan fingerprint density at radius 3 is 2.67 bits per heavy atom. The number of hydrogen-bond acceptors (Lipinski definition) is 2. The molecule has 0 heterocycles. The molecule has 2 heteroatoms. The van der Waals surface area contributed by atoms with Crippen molar-refractivity contribution in [1.82, 2.24) is 4.90 Å². The highest BCUT2D eigenvalue weighted by Gasteiger charge is 2.24. The first kappa shape index (κ1) is 13.0. The van der Waals surface area contributed by atoms with Crippen molar-refractivity contribution in [3.8, 4) is 0 Å². The summed E-state index contributed by atoms with van der Waals surface area (Å²) in [6.07, 6.45) is 8.25. The molecule has 1 rings (SSSR count). The van der Waals surface area contributed by atoms with Gasteiger partial charge in [-0.3, -0.25) is 0 Å². The zero-order valence-electron chi connectivity index (χ0n) is 10.5. The van der Waals surface area contributed by atoms with E-state index >= 15 is 0 Å². The highest BCUT2D eigenvalue weighted by molar-refractivity contribution is 4.79. The van der Waals surface area contributed by atoms with Gasteiger partial charge in [0.05, 0.1) is 0 Å². The molecule has 0 aromatic carbocycles. The summed E-state index contributed by atoms with van der Waals surface area (Å²) in [7, 11) is 0. The van der Waals surface area contributed by atoms with Crippen LogP contribution in [0.5, 0.6) is 0 Å². The standard InChI is InChI=1S/C13H28N2/c1-3-12-7-5-8-13(11-12)15(4-2)10-6-9-14/h12-13H,3-11,14H2,1-2H3. The molecular weight excluding hydrogens is 184 g/mol. The van der Waals surface area contributed by atoms with Crippen molar-refractivity contribution in [1.29, 1.82) is 0 Å². The summed E-state index contributed by atoms with van der Waals surface area (Å²) >= 11 is 0. The quantitative estimate of drug-likeness (QED) is 0.733. The van der Waals surface area contributed by atoms with E-state index in [9.17, 15) is 0 Å². The fourth-order valence-corrected chi connectivity index (χ4v) is 2.86. The van der Waals surface area contributed by atoms with Gasteiger partial charge in [-0.15, -0.1) is 0 Å². The van der Waals surface area contributed by atoms with Crippen LogP contribution in [0.1, 0.15) is 52.4 Å². The average molecular weight is 212 g/mol. The van der Waals surface area contributed by atoms with E-state index in [0.717, 1.165) is 24.9 Å². The predicted molar refractivity (Wildman–Crippen MR) is 67.0 cm³/mol. The Balaban J connectivity index is 2.37. The molecule has 0 spiro atoms. The van der Waals surface area contributed by atoms with Crippen LogP contribution >= 0.6 is 0 Å². The average Bonchev–Trinajstić information content (AvgIpc) is 2.30. The first-order valence-corrected chi connectivity index (χ1v) is 6.75. The Bertz CT molecular complexity index is 159. The molecule has 1 aliphatic carbocycles. The lowest BCUT2D eigenvalue weighted by atomic mass is 9.83. The van der Waals surface area contributed by atoms with Crippen molar-refractivity contribution in [2.75, 3.05) is 19.6 Å². The van der Waals surface area contributed by atoms with Gasteiger partial charge in [-0.25, -0.2) is 0 Å². The molecular formula is C13H28N2. The van der Waals surface area contributed by atoms with Crippen LogP contribution in [-0.2, 0) is 0 Å². The minimum absolute atomic E-state index is 0.834. The maximum atomic E-state index is 5.59. The number of hydrogen-bond donors (Lipinski definition) is 1. The summed E-state index contributed by atoms with van der Waals surface area (Å²) in [6, 6.07) is 0.847. The summed E-state index contributed by atoms with van der Waals surface area (Å²) in [5.74, 6) is 0.982. The van der Waals surface area contributed by atoms with E-state index in [1.165, 1.54) is 45.2 Å². The van der Waals surface area contributed by atoms with Gasteiger partial charge >= 0.3 is 0 Å². The van der Waals surface area contributed by atoms with E-state index in [1.807, 2.05) is 0 Å². The van der Waals surface area contributed by atoms with Crippen LogP contribution in [0.25, 0.3) is 0 Å². The molecule has 0 aromatic heterocycles. The van der Waals surface area contributed by atoms with Crippen LogP contribution < -0.4 is 5.73 Å². The third kappa shape index (κ3) is 4.12. The van der Waals surface area contributed by atoms with E-state index in [1.54, 1.807) is 0 Å². The molecule has 0 bridgehead atoms. The third-order valence-electron chi connectivity index (χ3n) is 3.90. The fourth-order valence-electron chi connectivity index (χ4n) is 2.86. The molecule has 2 atom stereocenters. The van der Waals surface area contributed by atoms with Crippen molar-refractivity contribution in [2.24, 2.45) is 11.7 Å². The maximum Gasteiger partial charge on any atom is 0.00977 e. The Kier molecular flexibility index (Phi) is 6.26. The molecule has 0 aromatic rings. The summed E-state index contributed by atoms with van der Waals surface area (Å²) < 4.78 is 0. The van der Waals surface area contributed by atoms with E-state index < -0.39 is 0 Å². The molecule has 90 valence electrons. The van der Waals surface area contributed by atoms with Gasteiger partial charge in [-0.05, 0) is 44.8 Å². The summed E-state index contributed by atoms with van der Waals surface area (Å²) in [4.78, 5) is 2.65. The summed E-state index contributed by atoms with van der Waals surface area (Å²) in [5, 5.41) is 0. The van der Waals surface area contributed by atoms with Gasteiger partial charge in [0.1, 0.15) is 0 Å². The number of rotatable bonds is 6. The van der Waals surface area contributed by atoms with Crippen LogP contribution in [0.3, 0.4) is 0 Å². The van der Waals surface area contributed by atoms with Gasteiger partial charge in [0, 0.05) is 6.04 Å². The van der Waals surface area contributed by atoms with Gasteiger partial charge in [0.25, 0.3) is 0 Å². The Morgan fingerprint density at radius 1 is 1.27 bits per heavy atom. The van der Waals surface area contributed by atoms with E-state index in [-0.39, 0.29) is 0 Å². The summed E-state index contributed by atoms with van der Waals surface area (Å²) in [5.41, 5.74) is 5.59. The van der Waals surface area contributed by atoms with Crippen molar-refractivity contribution in [2.45, 2.75) is 58.4 Å². The summed E-state index contributed by atoms with van der Waals surface area (Å²) in [6.45, 7) is 7.85. The van der Waals surface area contributed by atoms with Crippen LogP contribution in [0.2, 0.25) is 0 Å². The lowest BCUT2D eigenvalue weighted by molar-refractivity contribution is 0.133. The molecule has 1 fully saturated rings. The Labute approximate surface area is 95.2 Å². The largest absolute Gasteiger partial charge is 0.330 e. The SMILES string of the molecule is CCC1CCCC(N(CC)CCCN)C1. The molecule has 1 aliphatic rings. The second-order valence-corrected chi connectivity index (χ2v) is 4.87. The molecule has 2 unspecified atom stereocenters. The van der Waals surface area contributed by atoms with Crippen molar-refractivity contribution < 1.29 is 0 Å². The molecule has 0 aliphatic heterocycles. The van der Waals surface area contributed by atoms with Gasteiger partial charge in [-0.1, -0.05) is 33.1 Å². The lowest BCUT2D eigenvalue weighted by Crippen LogP contribution is -2.39. The minimum Gasteiger partial charge on any atom is -0.330 e. The topological polar surface area (TPSA) is 29.3 Å². The normalized spacial score (nSPS) is 27.2. The lowest BCUT2D eigenvalue weighted by Gasteiger charge is -2.36.